The van der Waals surface area contributed by atoms with Gasteiger partial charge in [0.2, 0.25) is 0 Å². The summed E-state index contributed by atoms with van der Waals surface area (Å²) in [6.07, 6.45) is 16.4. The molecule has 0 amide bonds. The second kappa shape index (κ2) is 16.1. The van der Waals surface area contributed by atoms with Crippen molar-refractivity contribution in [2.24, 2.45) is 5.41 Å². The van der Waals surface area contributed by atoms with E-state index in [0.29, 0.717) is 38.8 Å². The summed E-state index contributed by atoms with van der Waals surface area (Å²) >= 11 is 7.30. The molecule has 4 aliphatic rings. The lowest BCUT2D eigenvalue weighted by atomic mass is 9.76. The van der Waals surface area contributed by atoms with Crippen LogP contribution >= 0.6 is 11.6 Å². The van der Waals surface area contributed by atoms with Crippen molar-refractivity contribution < 1.29 is 30.5 Å². The van der Waals surface area contributed by atoms with Crippen molar-refractivity contribution in [2.45, 2.75) is 90.5 Å². The van der Waals surface area contributed by atoms with E-state index in [9.17, 15) is 25.9 Å². The lowest BCUT2D eigenvalue weighted by Crippen LogP contribution is -2.39. The first-order chi connectivity index (χ1) is 27.0. The fourth-order valence-electron chi connectivity index (χ4n) is 9.70. The summed E-state index contributed by atoms with van der Waals surface area (Å²) in [5.41, 5.74) is 7.47. The average molecular weight is 830 g/mol. The summed E-state index contributed by atoms with van der Waals surface area (Å²) in [5.74, 6) is -0.620. The first kappa shape index (κ1) is 41.4. The number of hydrogen-bond donors (Lipinski definition) is 1. The van der Waals surface area contributed by atoms with Crippen LogP contribution in [0, 0.1) is 5.41 Å². The molecule has 57 heavy (non-hydrogen) atoms. The Bertz CT molecular complexity index is 2620. The standard InChI is InChI=1S/C46H53ClN2O6S2/c1-45(2)40(48(28-9-11-30-56(50,51)52)38-24-20-32-14-5-7-18-36(32)42(38)45)26-22-34-16-13-17-35(44(34)47)23-27-41-46(3,4)43-37-19-8-6-15-33(37)21-25-39(43)49(41)29-10-12-31-57(53,54)55/h5-8,14-15,18-24,26-27,39H,9-13,16-17,25,28-31H2,1-4H3,(H-,50,51,52,53,54,55). The fourth-order valence-corrected chi connectivity index (χ4v) is 11.1. The van der Waals surface area contributed by atoms with Crippen LogP contribution in [0.15, 0.2) is 107 Å². The summed E-state index contributed by atoms with van der Waals surface area (Å²) in [7, 11) is -8.31. The molecule has 7 rings (SSSR count). The van der Waals surface area contributed by atoms with Gasteiger partial charge >= 0.3 is 0 Å². The summed E-state index contributed by atoms with van der Waals surface area (Å²) in [6, 6.07) is 21.4. The highest BCUT2D eigenvalue weighted by Crippen LogP contribution is 2.51. The van der Waals surface area contributed by atoms with Crippen LogP contribution in [0.2, 0.25) is 0 Å². The minimum atomic E-state index is -4.28. The molecule has 2 aliphatic heterocycles. The van der Waals surface area contributed by atoms with Crippen LogP contribution in [0.3, 0.4) is 0 Å². The Morgan fingerprint density at radius 2 is 1.61 bits per heavy atom. The molecule has 302 valence electrons. The van der Waals surface area contributed by atoms with Crippen molar-refractivity contribution in [3.63, 3.8) is 0 Å². The third-order valence-corrected chi connectivity index (χ3v) is 14.4. The molecular weight excluding hydrogens is 776 g/mol. The van der Waals surface area contributed by atoms with Crippen LogP contribution in [0.25, 0.3) is 22.4 Å². The maximum Gasteiger partial charge on any atom is 0.264 e. The molecule has 0 saturated heterocycles. The molecule has 1 N–H and O–H groups in total. The van der Waals surface area contributed by atoms with Crippen LogP contribution in [-0.2, 0) is 25.7 Å². The van der Waals surface area contributed by atoms with Gasteiger partial charge in [0.1, 0.15) is 6.54 Å². The molecule has 11 heteroatoms. The normalized spacial score (nSPS) is 21.8. The van der Waals surface area contributed by atoms with Gasteiger partial charge in [-0.05, 0) is 102 Å². The zero-order chi connectivity index (χ0) is 40.8. The van der Waals surface area contributed by atoms with E-state index in [1.165, 1.54) is 32.7 Å². The Morgan fingerprint density at radius 1 is 0.877 bits per heavy atom. The van der Waals surface area contributed by atoms with Gasteiger partial charge in [-0.2, -0.15) is 8.42 Å². The van der Waals surface area contributed by atoms with Crippen molar-refractivity contribution in [2.75, 3.05) is 29.5 Å². The molecule has 2 heterocycles. The second-order valence-corrected chi connectivity index (χ2v) is 20.3. The second-order valence-electron chi connectivity index (χ2n) is 16.8. The summed E-state index contributed by atoms with van der Waals surface area (Å²) in [4.78, 5) is 2.29. The Balaban J connectivity index is 1.23. The van der Waals surface area contributed by atoms with Gasteiger partial charge in [-0.1, -0.05) is 98.3 Å². The SMILES string of the molecule is CC1(C)C2=c3ccccc3=CCC2[N+](CCCCS(=O)(=O)O)=C1/C=C/C1=C(Cl)C(=C/C=C2/N(CCCCS(=O)(=O)[O-])c3ccc4ccccc4c3C2(C)C)/CCC1. The van der Waals surface area contributed by atoms with E-state index in [1.54, 1.807) is 0 Å². The van der Waals surface area contributed by atoms with E-state index in [2.05, 4.69) is 122 Å². The third kappa shape index (κ3) is 8.53. The molecule has 0 aromatic heterocycles. The van der Waals surface area contributed by atoms with Gasteiger partial charge in [0, 0.05) is 58.6 Å². The molecule has 1 unspecified atom stereocenters. The van der Waals surface area contributed by atoms with Crippen LogP contribution in [0.5, 0.6) is 0 Å². The Hall–Kier alpha value is -3.80. The average Bonchev–Trinajstić information content (AvgIpc) is 3.51. The van der Waals surface area contributed by atoms with Gasteiger partial charge in [-0.25, -0.2) is 13.0 Å². The predicted octanol–water partition coefficient (Wildman–Crippen LogP) is 7.87. The Kier molecular flexibility index (Phi) is 11.7. The van der Waals surface area contributed by atoms with Crippen molar-refractivity contribution >= 4 is 65.7 Å². The van der Waals surface area contributed by atoms with Crippen LogP contribution in [0.4, 0.5) is 5.69 Å². The minimum absolute atomic E-state index is 0.154. The first-order valence-corrected chi connectivity index (χ1v) is 23.6. The number of halogens is 1. The zero-order valence-corrected chi connectivity index (χ0v) is 35.7. The highest BCUT2D eigenvalue weighted by atomic mass is 35.5. The van der Waals surface area contributed by atoms with Crippen LogP contribution < -0.4 is 15.3 Å². The molecule has 3 aromatic carbocycles. The highest BCUT2D eigenvalue weighted by molar-refractivity contribution is 7.85. The summed E-state index contributed by atoms with van der Waals surface area (Å²) < 4.78 is 69.0. The summed E-state index contributed by atoms with van der Waals surface area (Å²) in [6.45, 7) is 10.3. The van der Waals surface area contributed by atoms with E-state index in [-0.39, 0.29) is 28.4 Å². The lowest BCUT2D eigenvalue weighted by molar-refractivity contribution is -0.546. The van der Waals surface area contributed by atoms with Crippen molar-refractivity contribution in [1.82, 2.24) is 0 Å². The molecule has 0 saturated carbocycles. The topological polar surface area (TPSA) is 118 Å². The van der Waals surface area contributed by atoms with Crippen molar-refractivity contribution in [3.05, 3.63) is 123 Å². The van der Waals surface area contributed by atoms with Gasteiger partial charge in [-0.3, -0.25) is 4.55 Å². The molecule has 0 fully saturated rings. The highest BCUT2D eigenvalue weighted by Gasteiger charge is 2.50. The van der Waals surface area contributed by atoms with Gasteiger partial charge in [0.15, 0.2) is 11.8 Å². The van der Waals surface area contributed by atoms with E-state index >= 15 is 0 Å². The van der Waals surface area contributed by atoms with Crippen molar-refractivity contribution in [1.29, 1.82) is 0 Å². The number of unbranched alkanes of at least 4 members (excludes halogenated alkanes) is 2. The Labute approximate surface area is 342 Å². The molecule has 0 radical (unpaired) electrons. The number of anilines is 1. The molecule has 8 nitrogen and oxygen atoms in total. The number of nitrogens with zero attached hydrogens (tertiary/aromatic N) is 2. The third-order valence-electron chi connectivity index (χ3n) is 12.3. The lowest BCUT2D eigenvalue weighted by Gasteiger charge is -2.27. The number of hydrogen-bond acceptors (Lipinski definition) is 6. The van der Waals surface area contributed by atoms with Crippen LogP contribution in [0.1, 0.15) is 84.6 Å². The minimum Gasteiger partial charge on any atom is -0.748 e. The smallest absolute Gasteiger partial charge is 0.264 e. The van der Waals surface area contributed by atoms with Gasteiger partial charge < -0.3 is 9.45 Å². The molecule has 3 aromatic rings. The maximum atomic E-state index is 11.5. The van der Waals surface area contributed by atoms with E-state index in [0.717, 1.165) is 58.6 Å². The van der Waals surface area contributed by atoms with Crippen LogP contribution in [-0.4, -0.2) is 66.9 Å². The number of rotatable bonds is 13. The van der Waals surface area contributed by atoms with E-state index < -0.39 is 20.2 Å². The first-order valence-electron chi connectivity index (χ1n) is 20.1. The van der Waals surface area contributed by atoms with E-state index in [1.807, 2.05) is 6.07 Å². The summed E-state index contributed by atoms with van der Waals surface area (Å²) in [5, 5.41) is 5.60. The Morgan fingerprint density at radius 3 is 2.39 bits per heavy atom. The van der Waals surface area contributed by atoms with Gasteiger partial charge in [0.05, 0.1) is 21.3 Å². The van der Waals surface area contributed by atoms with Gasteiger partial charge in [-0.15, -0.1) is 0 Å². The quantitative estimate of drug-likeness (QED) is 0.106. The largest absolute Gasteiger partial charge is 0.748 e. The number of allylic oxidation sites excluding steroid dienone is 8. The number of benzene rings is 3. The van der Waals surface area contributed by atoms with Gasteiger partial charge in [0.25, 0.3) is 10.1 Å². The molecule has 1 atom stereocenters. The predicted molar refractivity (Wildman–Crippen MR) is 232 cm³/mol. The zero-order valence-electron chi connectivity index (χ0n) is 33.3. The van der Waals surface area contributed by atoms with E-state index in [4.69, 9.17) is 11.6 Å². The molecule has 0 spiro atoms. The van der Waals surface area contributed by atoms with Crippen molar-refractivity contribution in [3.8, 4) is 0 Å². The maximum absolute atomic E-state index is 11.5. The molecule has 2 aliphatic carbocycles. The fraction of sp³-hybridized carbons (Fsp3) is 0.413. The molecule has 0 bridgehead atoms. The molecular formula is C46H53ClN2O6S2. The monoisotopic (exact) mass is 828 g/mol. The number of fused-ring (bicyclic) bond motifs is 5.